The van der Waals surface area contributed by atoms with Gasteiger partial charge in [-0.2, -0.15) is 4.31 Å². The zero-order valence-corrected chi connectivity index (χ0v) is 17.8. The van der Waals surface area contributed by atoms with Crippen LogP contribution in [0.5, 0.6) is 5.75 Å². The van der Waals surface area contributed by atoms with Crippen LogP contribution in [0.4, 0.5) is 0 Å². The molecule has 0 fully saturated rings. The Kier molecular flexibility index (Phi) is 7.86. The van der Waals surface area contributed by atoms with Gasteiger partial charge in [0.15, 0.2) is 0 Å². The standard InChI is InChI=1S/C20H25ClN2O4S/c1-4-23(5-2)28(25,26)17-12-10-16(11-13-17)20(24)22(3)14-15-27-19-9-7-6-8-18(19)21/h6-13H,4-5,14-15H2,1-3H3. The maximum Gasteiger partial charge on any atom is 0.253 e. The van der Waals surface area contributed by atoms with Gasteiger partial charge in [-0.3, -0.25) is 4.79 Å². The molecular weight excluding hydrogens is 400 g/mol. The fourth-order valence-electron chi connectivity index (χ4n) is 2.66. The van der Waals surface area contributed by atoms with Crippen LogP contribution in [0.25, 0.3) is 0 Å². The summed E-state index contributed by atoms with van der Waals surface area (Å²) < 4.78 is 32.0. The third-order valence-corrected chi connectivity index (χ3v) is 6.69. The summed E-state index contributed by atoms with van der Waals surface area (Å²) in [4.78, 5) is 14.2. The zero-order chi connectivity index (χ0) is 20.7. The Labute approximate surface area is 171 Å². The van der Waals surface area contributed by atoms with Crippen molar-refractivity contribution in [1.29, 1.82) is 0 Å². The molecule has 0 heterocycles. The second kappa shape index (κ2) is 9.91. The molecule has 1 amide bonds. The largest absolute Gasteiger partial charge is 0.490 e. The Balaban J connectivity index is 1.99. The van der Waals surface area contributed by atoms with E-state index in [0.717, 1.165) is 0 Å². The second-order valence-electron chi connectivity index (χ2n) is 6.12. The van der Waals surface area contributed by atoms with Gasteiger partial charge in [-0.1, -0.05) is 37.6 Å². The van der Waals surface area contributed by atoms with Crippen LogP contribution >= 0.6 is 11.6 Å². The molecule has 2 aromatic carbocycles. The normalized spacial score (nSPS) is 11.5. The summed E-state index contributed by atoms with van der Waals surface area (Å²) in [7, 11) is -1.87. The molecule has 8 heteroatoms. The van der Waals surface area contributed by atoms with Gasteiger partial charge in [0, 0.05) is 25.7 Å². The Morgan fingerprint density at radius 1 is 1.04 bits per heavy atom. The summed E-state index contributed by atoms with van der Waals surface area (Å²) in [5.74, 6) is 0.352. The molecule has 0 radical (unpaired) electrons. The van der Waals surface area contributed by atoms with E-state index >= 15 is 0 Å². The molecule has 0 aliphatic carbocycles. The molecule has 0 aliphatic heterocycles. The number of nitrogens with zero attached hydrogens (tertiary/aromatic N) is 2. The summed E-state index contributed by atoms with van der Waals surface area (Å²) >= 11 is 6.03. The highest BCUT2D eigenvalue weighted by Crippen LogP contribution is 2.23. The smallest absolute Gasteiger partial charge is 0.253 e. The predicted octanol–water partition coefficient (Wildman–Crippen LogP) is 3.52. The van der Waals surface area contributed by atoms with Crippen molar-refractivity contribution >= 4 is 27.5 Å². The molecule has 2 aromatic rings. The van der Waals surface area contributed by atoms with Gasteiger partial charge in [0.1, 0.15) is 12.4 Å². The molecular formula is C20H25ClN2O4S. The van der Waals surface area contributed by atoms with Crippen molar-refractivity contribution < 1.29 is 17.9 Å². The summed E-state index contributed by atoms with van der Waals surface area (Å²) in [6.45, 7) is 5.03. The molecule has 152 valence electrons. The first-order chi connectivity index (χ1) is 13.3. The van der Waals surface area contributed by atoms with Crippen molar-refractivity contribution in [2.75, 3.05) is 33.3 Å². The van der Waals surface area contributed by atoms with Crippen molar-refractivity contribution in [3.05, 3.63) is 59.1 Å². The molecule has 0 bridgehead atoms. The monoisotopic (exact) mass is 424 g/mol. The van der Waals surface area contributed by atoms with E-state index in [0.29, 0.717) is 42.6 Å². The fourth-order valence-corrected chi connectivity index (χ4v) is 4.31. The van der Waals surface area contributed by atoms with Crippen molar-refractivity contribution in [2.24, 2.45) is 0 Å². The third-order valence-electron chi connectivity index (χ3n) is 4.31. The lowest BCUT2D eigenvalue weighted by molar-refractivity contribution is 0.0773. The van der Waals surface area contributed by atoms with Gasteiger partial charge in [0.05, 0.1) is 16.5 Å². The molecule has 2 rings (SSSR count). The van der Waals surface area contributed by atoms with E-state index in [2.05, 4.69) is 0 Å². The van der Waals surface area contributed by atoms with E-state index < -0.39 is 10.0 Å². The van der Waals surface area contributed by atoms with E-state index in [9.17, 15) is 13.2 Å². The van der Waals surface area contributed by atoms with Crippen LogP contribution in [0.15, 0.2) is 53.4 Å². The van der Waals surface area contributed by atoms with Crippen LogP contribution in [0.3, 0.4) is 0 Å². The van der Waals surface area contributed by atoms with Crippen molar-refractivity contribution in [1.82, 2.24) is 9.21 Å². The fraction of sp³-hybridized carbons (Fsp3) is 0.350. The molecule has 0 saturated carbocycles. The maximum absolute atomic E-state index is 12.5. The molecule has 0 unspecified atom stereocenters. The lowest BCUT2D eigenvalue weighted by Crippen LogP contribution is -2.31. The quantitative estimate of drug-likeness (QED) is 0.617. The van der Waals surface area contributed by atoms with Crippen molar-refractivity contribution in [2.45, 2.75) is 18.7 Å². The molecule has 0 aromatic heterocycles. The number of rotatable bonds is 9. The SMILES string of the molecule is CCN(CC)S(=O)(=O)c1ccc(C(=O)N(C)CCOc2ccccc2Cl)cc1. The molecule has 28 heavy (non-hydrogen) atoms. The summed E-state index contributed by atoms with van der Waals surface area (Å²) in [5.41, 5.74) is 0.416. The first kappa shape index (κ1) is 22.2. The number of ether oxygens (including phenoxy) is 1. The Morgan fingerprint density at radius 2 is 1.64 bits per heavy atom. The molecule has 0 atom stereocenters. The average molecular weight is 425 g/mol. The molecule has 6 nitrogen and oxygen atoms in total. The lowest BCUT2D eigenvalue weighted by Gasteiger charge is -2.20. The number of benzene rings is 2. The summed E-state index contributed by atoms with van der Waals surface area (Å²) in [6.07, 6.45) is 0. The van der Waals surface area contributed by atoms with E-state index in [4.69, 9.17) is 16.3 Å². The number of hydrogen-bond donors (Lipinski definition) is 0. The van der Waals surface area contributed by atoms with Gasteiger partial charge < -0.3 is 9.64 Å². The van der Waals surface area contributed by atoms with E-state index in [1.807, 2.05) is 12.1 Å². The minimum atomic E-state index is -3.54. The van der Waals surface area contributed by atoms with Crippen LogP contribution in [-0.2, 0) is 10.0 Å². The van der Waals surface area contributed by atoms with E-state index in [-0.39, 0.29) is 10.8 Å². The third kappa shape index (κ3) is 5.25. The van der Waals surface area contributed by atoms with Gasteiger partial charge in [-0.25, -0.2) is 8.42 Å². The molecule has 0 saturated heterocycles. The van der Waals surface area contributed by atoms with Crippen molar-refractivity contribution in [3.63, 3.8) is 0 Å². The Hall–Kier alpha value is -2.09. The van der Waals surface area contributed by atoms with Gasteiger partial charge in [-0.15, -0.1) is 0 Å². The predicted molar refractivity (Wildman–Crippen MR) is 110 cm³/mol. The maximum atomic E-state index is 12.5. The Morgan fingerprint density at radius 3 is 2.21 bits per heavy atom. The number of carbonyl (C=O) groups excluding carboxylic acids is 1. The summed E-state index contributed by atoms with van der Waals surface area (Å²) in [5, 5.41) is 0.515. The molecule has 0 aliphatic rings. The number of halogens is 1. The summed E-state index contributed by atoms with van der Waals surface area (Å²) in [6, 6.07) is 13.1. The highest BCUT2D eigenvalue weighted by Gasteiger charge is 2.22. The van der Waals surface area contributed by atoms with E-state index in [1.165, 1.54) is 33.5 Å². The Bertz CT molecular complexity index is 897. The number of carbonyl (C=O) groups is 1. The highest BCUT2D eigenvalue weighted by atomic mass is 35.5. The molecule has 0 N–H and O–H groups in total. The van der Waals surface area contributed by atoms with Gasteiger partial charge in [0.2, 0.25) is 10.0 Å². The van der Waals surface area contributed by atoms with Crippen LogP contribution < -0.4 is 4.74 Å². The number of likely N-dealkylation sites (N-methyl/N-ethyl adjacent to an activating group) is 1. The number of amides is 1. The average Bonchev–Trinajstić information content (AvgIpc) is 2.69. The van der Waals surface area contributed by atoms with Crippen LogP contribution in [-0.4, -0.2) is 56.8 Å². The van der Waals surface area contributed by atoms with Gasteiger partial charge in [-0.05, 0) is 36.4 Å². The zero-order valence-electron chi connectivity index (χ0n) is 16.3. The second-order valence-corrected chi connectivity index (χ2v) is 8.46. The molecule has 0 spiro atoms. The van der Waals surface area contributed by atoms with Gasteiger partial charge >= 0.3 is 0 Å². The highest BCUT2D eigenvalue weighted by molar-refractivity contribution is 7.89. The number of para-hydroxylation sites is 1. The number of sulfonamides is 1. The van der Waals surface area contributed by atoms with Crippen LogP contribution in [0, 0.1) is 0 Å². The van der Waals surface area contributed by atoms with E-state index in [1.54, 1.807) is 33.0 Å². The number of hydrogen-bond acceptors (Lipinski definition) is 4. The lowest BCUT2D eigenvalue weighted by atomic mass is 10.2. The van der Waals surface area contributed by atoms with Gasteiger partial charge in [0.25, 0.3) is 5.91 Å². The van der Waals surface area contributed by atoms with Crippen molar-refractivity contribution in [3.8, 4) is 5.75 Å². The van der Waals surface area contributed by atoms with Crippen LogP contribution in [0.2, 0.25) is 5.02 Å². The minimum absolute atomic E-state index is 0.178. The first-order valence-electron chi connectivity index (χ1n) is 9.04. The van der Waals surface area contributed by atoms with Crippen LogP contribution in [0.1, 0.15) is 24.2 Å². The minimum Gasteiger partial charge on any atom is -0.490 e. The first-order valence-corrected chi connectivity index (χ1v) is 10.9. The topological polar surface area (TPSA) is 66.9 Å².